The number of carbonyl (C=O) groups is 1. The predicted octanol–water partition coefficient (Wildman–Crippen LogP) is 5.16. The van der Waals surface area contributed by atoms with E-state index in [1.165, 1.54) is 31.4 Å². The molecule has 0 unspecified atom stereocenters. The van der Waals surface area contributed by atoms with Crippen LogP contribution in [0.25, 0.3) is 0 Å². The van der Waals surface area contributed by atoms with Crippen molar-refractivity contribution in [3.63, 3.8) is 0 Å². The molecule has 0 spiro atoms. The van der Waals surface area contributed by atoms with Gasteiger partial charge in [0.2, 0.25) is 5.91 Å². The number of amides is 1. The molecule has 178 valence electrons. The molecule has 0 N–H and O–H groups in total. The van der Waals surface area contributed by atoms with E-state index in [4.69, 9.17) is 4.74 Å². The van der Waals surface area contributed by atoms with E-state index in [9.17, 15) is 9.18 Å². The molecule has 4 rings (SSSR count). The maximum Gasteiger partial charge on any atom is 0.227 e. The summed E-state index contributed by atoms with van der Waals surface area (Å²) < 4.78 is 19.3. The van der Waals surface area contributed by atoms with E-state index < -0.39 is 0 Å². The van der Waals surface area contributed by atoms with Gasteiger partial charge in [0.05, 0.1) is 13.0 Å². The van der Waals surface area contributed by atoms with Gasteiger partial charge in [0.15, 0.2) is 0 Å². The second-order valence-electron chi connectivity index (χ2n) is 10.3. The number of hydrogen-bond donors (Lipinski definition) is 0. The highest BCUT2D eigenvalue weighted by molar-refractivity contribution is 5.79. The molecule has 3 atom stereocenters. The Morgan fingerprint density at radius 1 is 1.03 bits per heavy atom. The molecule has 2 aliphatic rings. The van der Waals surface area contributed by atoms with Crippen LogP contribution in [0, 0.1) is 23.6 Å². The molecule has 4 nitrogen and oxygen atoms in total. The van der Waals surface area contributed by atoms with Crippen LogP contribution in [0.5, 0.6) is 5.75 Å². The van der Waals surface area contributed by atoms with Crippen LogP contribution in [-0.4, -0.2) is 48.5 Å². The Balaban J connectivity index is 1.52. The normalized spacial score (nSPS) is 22.9. The Morgan fingerprint density at radius 2 is 1.64 bits per heavy atom. The zero-order valence-electron chi connectivity index (χ0n) is 20.2. The molecule has 1 amide bonds. The van der Waals surface area contributed by atoms with Gasteiger partial charge < -0.3 is 14.5 Å². The number of benzene rings is 2. The second-order valence-corrected chi connectivity index (χ2v) is 10.3. The average Bonchev–Trinajstić information content (AvgIpc) is 2.78. The first-order valence-electron chi connectivity index (χ1n) is 12.3. The molecule has 5 heteroatoms. The minimum absolute atomic E-state index is 0.154. The standard InChI is InChI=1S/C28H37FN2O2/c1-20(2)19-33-26-13-9-21(10-14-26)15-27(32)31(16-22-7-11-25(29)12-8-22)28-23-5-4-6-24(28)18-30(3)17-23/h7-14,20,23-24,28H,4-6,15-19H2,1-3H3/t23-,24+,28-. The third-order valence-corrected chi connectivity index (χ3v) is 7.02. The molecule has 2 fully saturated rings. The van der Waals surface area contributed by atoms with Gasteiger partial charge in [-0.3, -0.25) is 4.79 Å². The summed E-state index contributed by atoms with van der Waals surface area (Å²) in [6.45, 7) is 7.55. The molecule has 2 bridgehead atoms. The smallest absolute Gasteiger partial charge is 0.227 e. The van der Waals surface area contributed by atoms with Crippen LogP contribution in [0.1, 0.15) is 44.2 Å². The van der Waals surface area contributed by atoms with Gasteiger partial charge in [0.1, 0.15) is 11.6 Å². The van der Waals surface area contributed by atoms with Crippen molar-refractivity contribution in [1.82, 2.24) is 9.80 Å². The first-order valence-corrected chi connectivity index (χ1v) is 12.3. The zero-order chi connectivity index (χ0) is 23.4. The molecule has 1 saturated carbocycles. The summed E-state index contributed by atoms with van der Waals surface area (Å²) in [5.41, 5.74) is 1.98. The lowest BCUT2D eigenvalue weighted by Gasteiger charge is -2.51. The molecular weight excluding hydrogens is 415 g/mol. The number of likely N-dealkylation sites (tertiary alicyclic amines) is 1. The van der Waals surface area contributed by atoms with Gasteiger partial charge in [0, 0.05) is 25.7 Å². The van der Waals surface area contributed by atoms with Crippen molar-refractivity contribution < 1.29 is 13.9 Å². The summed E-state index contributed by atoms with van der Waals surface area (Å²) in [7, 11) is 2.19. The van der Waals surface area contributed by atoms with Crippen molar-refractivity contribution in [1.29, 1.82) is 0 Å². The molecule has 1 aliphatic carbocycles. The van der Waals surface area contributed by atoms with Crippen LogP contribution in [0.15, 0.2) is 48.5 Å². The van der Waals surface area contributed by atoms with Gasteiger partial charge in [-0.25, -0.2) is 4.39 Å². The van der Waals surface area contributed by atoms with Crippen LogP contribution in [0.4, 0.5) is 4.39 Å². The Morgan fingerprint density at radius 3 is 2.24 bits per heavy atom. The first kappa shape index (κ1) is 23.7. The van der Waals surface area contributed by atoms with Crippen LogP contribution in [-0.2, 0) is 17.8 Å². The van der Waals surface area contributed by atoms with Crippen LogP contribution < -0.4 is 4.74 Å². The molecule has 0 radical (unpaired) electrons. The number of nitrogens with zero attached hydrogens (tertiary/aromatic N) is 2. The lowest BCUT2D eigenvalue weighted by Crippen LogP contribution is -2.58. The molecule has 1 heterocycles. The molecule has 1 aliphatic heterocycles. The topological polar surface area (TPSA) is 32.8 Å². The fourth-order valence-corrected chi connectivity index (χ4v) is 5.54. The number of carbonyl (C=O) groups excluding carboxylic acids is 1. The average molecular weight is 453 g/mol. The molecule has 2 aromatic carbocycles. The van der Waals surface area contributed by atoms with E-state index in [0.717, 1.165) is 30.0 Å². The number of hydrogen-bond acceptors (Lipinski definition) is 3. The van der Waals surface area contributed by atoms with E-state index in [0.29, 0.717) is 37.3 Å². The summed E-state index contributed by atoms with van der Waals surface area (Å²) in [6, 6.07) is 14.8. The number of ether oxygens (including phenoxy) is 1. The summed E-state index contributed by atoms with van der Waals surface area (Å²) in [4.78, 5) is 18.2. The van der Waals surface area contributed by atoms with E-state index in [1.54, 1.807) is 12.1 Å². The summed E-state index contributed by atoms with van der Waals surface area (Å²) in [6.07, 6.45) is 3.95. The Labute approximate surface area is 197 Å². The number of rotatable bonds is 8. The summed E-state index contributed by atoms with van der Waals surface area (Å²) >= 11 is 0. The Hall–Kier alpha value is -2.40. The lowest BCUT2D eigenvalue weighted by atomic mass is 9.72. The fraction of sp³-hybridized carbons (Fsp3) is 0.536. The van der Waals surface area contributed by atoms with Crippen LogP contribution in [0.2, 0.25) is 0 Å². The minimum atomic E-state index is -0.243. The summed E-state index contributed by atoms with van der Waals surface area (Å²) in [5, 5.41) is 0. The molecule has 2 aromatic rings. The third kappa shape index (κ3) is 6.14. The van der Waals surface area contributed by atoms with Gasteiger partial charge >= 0.3 is 0 Å². The first-order chi connectivity index (χ1) is 15.9. The maximum atomic E-state index is 13.7. The van der Waals surface area contributed by atoms with Crippen molar-refractivity contribution in [3.05, 3.63) is 65.5 Å². The van der Waals surface area contributed by atoms with Gasteiger partial charge in [-0.1, -0.05) is 44.5 Å². The lowest BCUT2D eigenvalue weighted by molar-refractivity contribution is -0.140. The van der Waals surface area contributed by atoms with Gasteiger partial charge in [-0.15, -0.1) is 0 Å². The SMILES string of the molecule is CC(C)COc1ccc(CC(=O)N(Cc2ccc(F)cc2)[C@@H]2[C@@H]3CCC[C@H]2CN(C)C3)cc1. The van der Waals surface area contributed by atoms with Crippen molar-refractivity contribution in [2.24, 2.45) is 17.8 Å². The highest BCUT2D eigenvalue weighted by Crippen LogP contribution is 2.38. The quantitative estimate of drug-likeness (QED) is 0.555. The van der Waals surface area contributed by atoms with Crippen molar-refractivity contribution in [2.75, 3.05) is 26.7 Å². The molecule has 33 heavy (non-hydrogen) atoms. The monoisotopic (exact) mass is 452 g/mol. The number of halogens is 1. The highest BCUT2D eigenvalue weighted by atomic mass is 19.1. The Bertz CT molecular complexity index is 898. The largest absolute Gasteiger partial charge is 0.493 e. The maximum absolute atomic E-state index is 13.7. The minimum Gasteiger partial charge on any atom is -0.493 e. The van der Waals surface area contributed by atoms with Crippen molar-refractivity contribution in [3.8, 4) is 5.75 Å². The fourth-order valence-electron chi connectivity index (χ4n) is 5.54. The molecule has 1 saturated heterocycles. The van der Waals surface area contributed by atoms with Crippen LogP contribution in [0.3, 0.4) is 0 Å². The van der Waals surface area contributed by atoms with Crippen molar-refractivity contribution >= 4 is 5.91 Å². The number of fused-ring (bicyclic) bond motifs is 2. The van der Waals surface area contributed by atoms with Gasteiger partial charge in [-0.05, 0) is 73.0 Å². The van der Waals surface area contributed by atoms with Gasteiger partial charge in [0.25, 0.3) is 0 Å². The van der Waals surface area contributed by atoms with E-state index in [1.807, 2.05) is 24.3 Å². The van der Waals surface area contributed by atoms with E-state index in [-0.39, 0.29) is 17.8 Å². The molecule has 0 aromatic heterocycles. The number of piperidine rings is 1. The van der Waals surface area contributed by atoms with Crippen molar-refractivity contribution in [2.45, 2.75) is 52.1 Å². The van der Waals surface area contributed by atoms with E-state index in [2.05, 4.69) is 30.7 Å². The third-order valence-electron chi connectivity index (χ3n) is 7.02. The highest BCUT2D eigenvalue weighted by Gasteiger charge is 2.43. The Kier molecular flexibility index (Phi) is 7.69. The zero-order valence-corrected chi connectivity index (χ0v) is 20.2. The molecular formula is C28H37FN2O2. The summed E-state index contributed by atoms with van der Waals surface area (Å²) in [5.74, 6) is 2.22. The second kappa shape index (κ2) is 10.7. The predicted molar refractivity (Wildman–Crippen MR) is 130 cm³/mol. The van der Waals surface area contributed by atoms with Crippen LogP contribution >= 0.6 is 0 Å². The van der Waals surface area contributed by atoms with E-state index >= 15 is 0 Å². The van der Waals surface area contributed by atoms with Gasteiger partial charge in [-0.2, -0.15) is 0 Å².